The first kappa shape index (κ1) is 22.6. The van der Waals surface area contributed by atoms with Gasteiger partial charge in [0.2, 0.25) is 0 Å². The second-order valence-corrected chi connectivity index (χ2v) is 8.22. The van der Waals surface area contributed by atoms with E-state index in [9.17, 15) is 19.7 Å². The molecule has 164 valence electrons. The lowest BCUT2D eigenvalue weighted by Crippen LogP contribution is -2.36. The van der Waals surface area contributed by atoms with E-state index < -0.39 is 10.8 Å². The van der Waals surface area contributed by atoms with Gasteiger partial charge in [-0.25, -0.2) is 0 Å². The Bertz CT molecular complexity index is 1000. The van der Waals surface area contributed by atoms with Crippen LogP contribution in [0.4, 0.5) is 17.1 Å². The SMILES string of the molecule is CN(C)c1ccc(NC(=O)c2ccc([N+](=O)[O-])cc2Cl)cc1C(=O)NC1CCCCC1. The molecule has 3 rings (SSSR count). The summed E-state index contributed by atoms with van der Waals surface area (Å²) in [4.78, 5) is 37.7. The number of non-ortho nitro benzene ring substituents is 1. The van der Waals surface area contributed by atoms with E-state index in [2.05, 4.69) is 10.6 Å². The Morgan fingerprint density at radius 3 is 2.35 bits per heavy atom. The lowest BCUT2D eigenvalue weighted by atomic mass is 9.95. The van der Waals surface area contributed by atoms with E-state index in [0.29, 0.717) is 11.3 Å². The molecule has 0 spiro atoms. The summed E-state index contributed by atoms with van der Waals surface area (Å²) in [6, 6.07) is 8.92. The standard InChI is InChI=1S/C22H25ClN4O4/c1-26(2)20-11-8-15(12-18(20)22(29)24-14-6-4-3-5-7-14)25-21(28)17-10-9-16(27(30)31)13-19(17)23/h8-14H,3-7H2,1-2H3,(H,24,29)(H,25,28). The van der Waals surface area contributed by atoms with E-state index >= 15 is 0 Å². The van der Waals surface area contributed by atoms with E-state index in [1.165, 1.54) is 18.6 Å². The van der Waals surface area contributed by atoms with Crippen molar-refractivity contribution in [3.8, 4) is 0 Å². The molecule has 1 saturated carbocycles. The van der Waals surface area contributed by atoms with Crippen LogP contribution in [0, 0.1) is 10.1 Å². The zero-order valence-corrected chi connectivity index (χ0v) is 18.2. The molecule has 2 N–H and O–H groups in total. The number of hydrogen-bond donors (Lipinski definition) is 2. The zero-order chi connectivity index (χ0) is 22.5. The topological polar surface area (TPSA) is 105 Å². The highest BCUT2D eigenvalue weighted by molar-refractivity contribution is 6.34. The van der Waals surface area contributed by atoms with Crippen molar-refractivity contribution < 1.29 is 14.5 Å². The van der Waals surface area contributed by atoms with Gasteiger partial charge in [-0.1, -0.05) is 30.9 Å². The highest BCUT2D eigenvalue weighted by Crippen LogP contribution is 2.27. The number of benzene rings is 2. The van der Waals surface area contributed by atoms with Crippen LogP contribution < -0.4 is 15.5 Å². The molecule has 1 aliphatic carbocycles. The fraction of sp³-hybridized carbons (Fsp3) is 0.364. The van der Waals surface area contributed by atoms with E-state index in [4.69, 9.17) is 11.6 Å². The molecule has 2 aromatic rings. The van der Waals surface area contributed by atoms with Gasteiger partial charge >= 0.3 is 0 Å². The van der Waals surface area contributed by atoms with Gasteiger partial charge in [0.1, 0.15) is 0 Å². The third kappa shape index (κ3) is 5.52. The smallest absolute Gasteiger partial charge is 0.270 e. The van der Waals surface area contributed by atoms with Gasteiger partial charge in [-0.05, 0) is 37.1 Å². The first-order chi connectivity index (χ1) is 14.8. The molecule has 1 aliphatic rings. The number of nitro benzene ring substituents is 1. The zero-order valence-electron chi connectivity index (χ0n) is 17.5. The number of carbonyl (C=O) groups excluding carboxylic acids is 2. The molecular weight excluding hydrogens is 420 g/mol. The van der Waals surface area contributed by atoms with Crippen molar-refractivity contribution in [3.63, 3.8) is 0 Å². The van der Waals surface area contributed by atoms with Gasteiger partial charge in [0.15, 0.2) is 0 Å². The van der Waals surface area contributed by atoms with Crippen LogP contribution in [0.3, 0.4) is 0 Å². The summed E-state index contributed by atoms with van der Waals surface area (Å²) in [5.41, 5.74) is 1.54. The van der Waals surface area contributed by atoms with Gasteiger partial charge in [-0.2, -0.15) is 0 Å². The summed E-state index contributed by atoms with van der Waals surface area (Å²) in [5.74, 6) is -0.698. The molecule has 8 nitrogen and oxygen atoms in total. The molecule has 0 aromatic heterocycles. The fourth-order valence-corrected chi connectivity index (χ4v) is 3.96. The Kier molecular flexibility index (Phi) is 7.12. The third-order valence-corrected chi connectivity index (χ3v) is 5.64. The molecule has 0 unspecified atom stereocenters. The fourth-order valence-electron chi connectivity index (χ4n) is 3.70. The monoisotopic (exact) mass is 444 g/mol. The Labute approximate surface area is 185 Å². The number of nitrogens with zero attached hydrogens (tertiary/aromatic N) is 2. The number of carbonyl (C=O) groups is 2. The maximum Gasteiger partial charge on any atom is 0.270 e. The van der Waals surface area contributed by atoms with Crippen molar-refractivity contribution in [2.24, 2.45) is 0 Å². The Morgan fingerprint density at radius 2 is 1.74 bits per heavy atom. The minimum absolute atomic E-state index is 0.0214. The predicted molar refractivity (Wildman–Crippen MR) is 121 cm³/mol. The molecule has 0 bridgehead atoms. The van der Waals surface area contributed by atoms with Crippen LogP contribution >= 0.6 is 11.6 Å². The molecule has 0 saturated heterocycles. The van der Waals surface area contributed by atoms with E-state index in [0.717, 1.165) is 37.4 Å². The Balaban J connectivity index is 1.81. The quantitative estimate of drug-likeness (QED) is 0.499. The van der Waals surface area contributed by atoms with Crippen molar-refractivity contribution in [2.75, 3.05) is 24.3 Å². The van der Waals surface area contributed by atoms with Crippen LogP contribution in [0.5, 0.6) is 0 Å². The molecule has 0 heterocycles. The number of nitro groups is 1. The van der Waals surface area contributed by atoms with Gasteiger partial charge in [-0.3, -0.25) is 19.7 Å². The average molecular weight is 445 g/mol. The summed E-state index contributed by atoms with van der Waals surface area (Å²) < 4.78 is 0. The third-order valence-electron chi connectivity index (χ3n) is 5.33. The van der Waals surface area contributed by atoms with Crippen molar-refractivity contribution in [1.82, 2.24) is 5.32 Å². The maximum absolute atomic E-state index is 13.0. The predicted octanol–water partition coefficient (Wildman–Crippen LogP) is 4.63. The Hall–Kier alpha value is -3.13. The minimum atomic E-state index is -0.579. The number of anilines is 2. The van der Waals surface area contributed by atoms with Crippen LogP contribution in [0.2, 0.25) is 5.02 Å². The second-order valence-electron chi connectivity index (χ2n) is 7.81. The second kappa shape index (κ2) is 9.78. The molecule has 31 heavy (non-hydrogen) atoms. The van der Waals surface area contributed by atoms with Crippen molar-refractivity contribution >= 4 is 40.5 Å². The van der Waals surface area contributed by atoms with E-state index in [-0.39, 0.29) is 28.2 Å². The highest BCUT2D eigenvalue weighted by atomic mass is 35.5. The number of amides is 2. The van der Waals surface area contributed by atoms with Gasteiger partial charge in [0.25, 0.3) is 17.5 Å². The first-order valence-electron chi connectivity index (χ1n) is 10.1. The molecule has 0 atom stereocenters. The van der Waals surface area contributed by atoms with Crippen molar-refractivity contribution in [1.29, 1.82) is 0 Å². The van der Waals surface area contributed by atoms with Crippen LogP contribution in [0.25, 0.3) is 0 Å². The van der Waals surface area contributed by atoms with Gasteiger partial charge in [-0.15, -0.1) is 0 Å². The first-order valence-corrected chi connectivity index (χ1v) is 10.5. The Morgan fingerprint density at radius 1 is 1.03 bits per heavy atom. The number of nitrogens with one attached hydrogen (secondary N) is 2. The lowest BCUT2D eigenvalue weighted by Gasteiger charge is -2.24. The summed E-state index contributed by atoms with van der Waals surface area (Å²) >= 11 is 6.06. The minimum Gasteiger partial charge on any atom is -0.377 e. The van der Waals surface area contributed by atoms with Gasteiger partial charge < -0.3 is 15.5 Å². The van der Waals surface area contributed by atoms with Gasteiger partial charge in [0.05, 0.1) is 21.1 Å². The molecule has 9 heteroatoms. The van der Waals surface area contributed by atoms with Crippen LogP contribution in [0.1, 0.15) is 52.8 Å². The molecule has 2 aromatic carbocycles. The molecule has 0 aliphatic heterocycles. The van der Waals surface area contributed by atoms with Gasteiger partial charge in [0, 0.05) is 43.6 Å². The van der Waals surface area contributed by atoms with Crippen molar-refractivity contribution in [3.05, 3.63) is 62.7 Å². The lowest BCUT2D eigenvalue weighted by molar-refractivity contribution is -0.384. The van der Waals surface area contributed by atoms with Crippen molar-refractivity contribution in [2.45, 2.75) is 38.1 Å². The number of hydrogen-bond acceptors (Lipinski definition) is 5. The van der Waals surface area contributed by atoms with E-state index in [1.807, 2.05) is 19.0 Å². The molecule has 2 amide bonds. The highest BCUT2D eigenvalue weighted by Gasteiger charge is 2.21. The number of halogens is 1. The van der Waals surface area contributed by atoms with Crippen LogP contribution in [-0.2, 0) is 0 Å². The molecule has 0 radical (unpaired) electrons. The summed E-state index contributed by atoms with van der Waals surface area (Å²) in [6.07, 6.45) is 5.35. The summed E-state index contributed by atoms with van der Waals surface area (Å²) in [6.45, 7) is 0. The van der Waals surface area contributed by atoms with E-state index in [1.54, 1.807) is 18.2 Å². The maximum atomic E-state index is 13.0. The largest absolute Gasteiger partial charge is 0.377 e. The summed E-state index contributed by atoms with van der Waals surface area (Å²) in [7, 11) is 3.70. The molecule has 1 fully saturated rings. The number of rotatable bonds is 6. The molecular formula is C22H25ClN4O4. The average Bonchev–Trinajstić information content (AvgIpc) is 2.74. The summed E-state index contributed by atoms with van der Waals surface area (Å²) in [5, 5.41) is 16.7. The van der Waals surface area contributed by atoms with Crippen LogP contribution in [0.15, 0.2) is 36.4 Å². The normalized spacial score (nSPS) is 14.0. The van der Waals surface area contributed by atoms with Crippen LogP contribution in [-0.4, -0.2) is 36.9 Å².